The standard InChI is InChI=1S/C20H23NO4S/c1-2-16-5-7-17(8-6-16)14-21(18-11-13-26(23,24)15-18)20(22)10-9-19-4-3-12-25-19/h3-10,12,18H,2,11,13-15H2,1H3/b10-9+. The lowest BCUT2D eigenvalue weighted by molar-refractivity contribution is -0.128. The molecular formula is C20H23NO4S. The summed E-state index contributed by atoms with van der Waals surface area (Å²) < 4.78 is 29.0. The van der Waals surface area contributed by atoms with Crippen LogP contribution in [-0.2, 0) is 27.6 Å². The maximum Gasteiger partial charge on any atom is 0.247 e. The van der Waals surface area contributed by atoms with E-state index in [1.165, 1.54) is 11.6 Å². The molecule has 1 atom stereocenters. The minimum Gasteiger partial charge on any atom is -0.465 e. The lowest BCUT2D eigenvalue weighted by Crippen LogP contribution is -2.39. The summed E-state index contributed by atoms with van der Waals surface area (Å²) in [6.07, 6.45) is 6.04. The van der Waals surface area contributed by atoms with Crippen molar-refractivity contribution in [2.24, 2.45) is 0 Å². The largest absolute Gasteiger partial charge is 0.465 e. The molecule has 0 spiro atoms. The van der Waals surface area contributed by atoms with Gasteiger partial charge in [0, 0.05) is 18.7 Å². The molecule has 0 aliphatic carbocycles. The van der Waals surface area contributed by atoms with Crippen LogP contribution in [0, 0.1) is 0 Å². The van der Waals surface area contributed by atoms with Crippen LogP contribution in [0.25, 0.3) is 6.08 Å². The highest BCUT2D eigenvalue weighted by molar-refractivity contribution is 7.91. The highest BCUT2D eigenvalue weighted by Crippen LogP contribution is 2.21. The number of hydrogen-bond acceptors (Lipinski definition) is 4. The first-order chi connectivity index (χ1) is 12.5. The van der Waals surface area contributed by atoms with Crippen molar-refractivity contribution >= 4 is 21.8 Å². The summed E-state index contributed by atoms with van der Waals surface area (Å²) in [6, 6.07) is 11.3. The summed E-state index contributed by atoms with van der Waals surface area (Å²) in [6.45, 7) is 2.49. The van der Waals surface area contributed by atoms with Gasteiger partial charge in [0.2, 0.25) is 5.91 Å². The second-order valence-electron chi connectivity index (χ2n) is 6.54. The lowest BCUT2D eigenvalue weighted by Gasteiger charge is -2.27. The van der Waals surface area contributed by atoms with E-state index in [1.807, 2.05) is 24.3 Å². The van der Waals surface area contributed by atoms with Gasteiger partial charge in [0.25, 0.3) is 0 Å². The summed E-state index contributed by atoms with van der Waals surface area (Å²) in [4.78, 5) is 14.4. The molecule has 1 aliphatic heterocycles. The SMILES string of the molecule is CCc1ccc(CN(C(=O)/C=C/c2ccco2)C2CCS(=O)(=O)C2)cc1. The van der Waals surface area contributed by atoms with Crippen LogP contribution < -0.4 is 0 Å². The van der Waals surface area contributed by atoms with Crippen molar-refractivity contribution in [1.29, 1.82) is 0 Å². The molecule has 1 amide bonds. The van der Waals surface area contributed by atoms with Gasteiger partial charge in [0.1, 0.15) is 5.76 Å². The maximum atomic E-state index is 12.8. The second kappa shape index (κ2) is 7.91. The molecule has 2 aromatic rings. The fraction of sp³-hybridized carbons (Fsp3) is 0.350. The number of sulfone groups is 1. The molecule has 6 heteroatoms. The Labute approximate surface area is 154 Å². The van der Waals surface area contributed by atoms with Crippen LogP contribution in [0.3, 0.4) is 0 Å². The van der Waals surface area contributed by atoms with Gasteiger partial charge in [-0.1, -0.05) is 31.2 Å². The number of furan rings is 1. The van der Waals surface area contributed by atoms with E-state index in [4.69, 9.17) is 4.42 Å². The number of aryl methyl sites for hydroxylation is 1. The van der Waals surface area contributed by atoms with Crippen LogP contribution in [0.4, 0.5) is 0 Å². The van der Waals surface area contributed by atoms with Crippen molar-refractivity contribution in [2.75, 3.05) is 11.5 Å². The molecule has 1 aromatic heterocycles. The van der Waals surface area contributed by atoms with Gasteiger partial charge in [-0.3, -0.25) is 4.79 Å². The highest BCUT2D eigenvalue weighted by Gasteiger charge is 2.34. The Balaban J connectivity index is 1.79. The summed E-state index contributed by atoms with van der Waals surface area (Å²) in [7, 11) is -3.07. The van der Waals surface area contributed by atoms with Gasteiger partial charge in [-0.25, -0.2) is 8.42 Å². The molecule has 0 bridgehead atoms. The first-order valence-corrected chi connectivity index (χ1v) is 10.6. The Morgan fingerprint density at radius 1 is 1.23 bits per heavy atom. The number of benzene rings is 1. The second-order valence-corrected chi connectivity index (χ2v) is 8.77. The molecule has 1 saturated heterocycles. The average molecular weight is 373 g/mol. The average Bonchev–Trinajstić information content (AvgIpc) is 3.27. The van der Waals surface area contributed by atoms with E-state index < -0.39 is 9.84 Å². The van der Waals surface area contributed by atoms with Crippen LogP contribution in [0.2, 0.25) is 0 Å². The topological polar surface area (TPSA) is 67.6 Å². The van der Waals surface area contributed by atoms with E-state index in [-0.39, 0.29) is 23.5 Å². The van der Waals surface area contributed by atoms with Gasteiger partial charge in [0.15, 0.2) is 9.84 Å². The molecule has 1 aromatic carbocycles. The zero-order chi connectivity index (χ0) is 18.6. The van der Waals surface area contributed by atoms with E-state index in [0.29, 0.717) is 18.7 Å². The Bertz CT molecular complexity index is 867. The third kappa shape index (κ3) is 4.64. The van der Waals surface area contributed by atoms with E-state index in [2.05, 4.69) is 6.92 Å². The third-order valence-electron chi connectivity index (χ3n) is 4.65. The van der Waals surface area contributed by atoms with Crippen molar-refractivity contribution in [1.82, 2.24) is 4.90 Å². The van der Waals surface area contributed by atoms with Gasteiger partial charge in [-0.2, -0.15) is 0 Å². The van der Waals surface area contributed by atoms with Crippen LogP contribution in [0.15, 0.2) is 53.2 Å². The number of amides is 1. The van der Waals surface area contributed by atoms with Crippen LogP contribution in [-0.4, -0.2) is 36.8 Å². The molecule has 1 aliphatic rings. The minimum atomic E-state index is -3.07. The van der Waals surface area contributed by atoms with Crippen molar-refractivity contribution in [2.45, 2.75) is 32.4 Å². The monoisotopic (exact) mass is 373 g/mol. The van der Waals surface area contributed by atoms with Crippen molar-refractivity contribution in [3.63, 3.8) is 0 Å². The number of rotatable bonds is 6. The minimum absolute atomic E-state index is 0.0282. The quantitative estimate of drug-likeness (QED) is 0.730. The summed E-state index contributed by atoms with van der Waals surface area (Å²) >= 11 is 0. The van der Waals surface area contributed by atoms with Gasteiger partial charge < -0.3 is 9.32 Å². The summed E-state index contributed by atoms with van der Waals surface area (Å²) in [5.74, 6) is 0.547. The van der Waals surface area contributed by atoms with Crippen LogP contribution >= 0.6 is 0 Å². The molecule has 0 N–H and O–H groups in total. The van der Waals surface area contributed by atoms with Crippen molar-refractivity contribution < 1.29 is 17.6 Å². The number of carbonyl (C=O) groups excluding carboxylic acids is 1. The van der Waals surface area contributed by atoms with Crippen molar-refractivity contribution in [3.05, 3.63) is 65.6 Å². The molecule has 5 nitrogen and oxygen atoms in total. The number of hydrogen-bond donors (Lipinski definition) is 0. The smallest absolute Gasteiger partial charge is 0.247 e. The molecule has 0 saturated carbocycles. The lowest BCUT2D eigenvalue weighted by atomic mass is 10.1. The molecule has 1 fully saturated rings. The fourth-order valence-electron chi connectivity index (χ4n) is 3.12. The van der Waals surface area contributed by atoms with Gasteiger partial charge >= 0.3 is 0 Å². The summed E-state index contributed by atoms with van der Waals surface area (Å²) in [5.41, 5.74) is 2.22. The molecule has 3 rings (SSSR count). The van der Waals surface area contributed by atoms with E-state index in [9.17, 15) is 13.2 Å². The van der Waals surface area contributed by atoms with Crippen LogP contribution in [0.5, 0.6) is 0 Å². The zero-order valence-corrected chi connectivity index (χ0v) is 15.6. The Hall–Kier alpha value is -2.34. The maximum absolute atomic E-state index is 12.8. The number of carbonyl (C=O) groups is 1. The van der Waals surface area contributed by atoms with E-state index in [1.54, 1.807) is 29.4 Å². The van der Waals surface area contributed by atoms with Gasteiger partial charge in [-0.15, -0.1) is 0 Å². The van der Waals surface area contributed by atoms with E-state index in [0.717, 1.165) is 12.0 Å². The molecular weight excluding hydrogens is 350 g/mol. The predicted molar refractivity (Wildman–Crippen MR) is 101 cm³/mol. The third-order valence-corrected chi connectivity index (χ3v) is 6.40. The fourth-order valence-corrected chi connectivity index (χ4v) is 4.85. The number of nitrogens with zero attached hydrogens (tertiary/aromatic N) is 1. The molecule has 26 heavy (non-hydrogen) atoms. The Kier molecular flexibility index (Phi) is 5.61. The van der Waals surface area contributed by atoms with Gasteiger partial charge in [-0.05, 0) is 42.2 Å². The Morgan fingerprint density at radius 2 is 1.96 bits per heavy atom. The Morgan fingerprint density at radius 3 is 2.54 bits per heavy atom. The van der Waals surface area contributed by atoms with Crippen LogP contribution in [0.1, 0.15) is 30.2 Å². The first kappa shape index (κ1) is 18.5. The van der Waals surface area contributed by atoms with E-state index >= 15 is 0 Å². The first-order valence-electron chi connectivity index (χ1n) is 8.77. The van der Waals surface area contributed by atoms with Crippen molar-refractivity contribution in [3.8, 4) is 0 Å². The summed E-state index contributed by atoms with van der Waals surface area (Å²) in [5, 5.41) is 0. The zero-order valence-electron chi connectivity index (χ0n) is 14.8. The normalized spacial score (nSPS) is 19.0. The molecule has 2 heterocycles. The molecule has 138 valence electrons. The molecule has 0 radical (unpaired) electrons. The molecule has 1 unspecified atom stereocenters. The van der Waals surface area contributed by atoms with Gasteiger partial charge in [0.05, 0.1) is 17.8 Å². The predicted octanol–water partition coefficient (Wildman–Crippen LogP) is 3.07. The highest BCUT2D eigenvalue weighted by atomic mass is 32.2.